The van der Waals surface area contributed by atoms with Crippen molar-refractivity contribution < 1.29 is 4.74 Å². The summed E-state index contributed by atoms with van der Waals surface area (Å²) >= 11 is 3.34. The molecule has 136 valence electrons. The van der Waals surface area contributed by atoms with Crippen molar-refractivity contribution in [3.05, 3.63) is 41.2 Å². The molecule has 0 fully saturated rings. The van der Waals surface area contributed by atoms with Gasteiger partial charge in [-0.15, -0.1) is 23.1 Å². The number of thioether (sulfide) groups is 1. The molecule has 0 saturated heterocycles. The van der Waals surface area contributed by atoms with Crippen LogP contribution >= 0.6 is 23.1 Å². The van der Waals surface area contributed by atoms with Gasteiger partial charge in [-0.1, -0.05) is 0 Å². The van der Waals surface area contributed by atoms with Crippen LogP contribution in [0, 0.1) is 0 Å². The minimum Gasteiger partial charge on any atom is -0.497 e. The Morgan fingerprint density at radius 3 is 2.54 bits per heavy atom. The number of aromatic nitrogens is 4. The number of benzene rings is 1. The van der Waals surface area contributed by atoms with Gasteiger partial charge in [-0.2, -0.15) is 15.0 Å². The lowest BCUT2D eigenvalue weighted by Gasteiger charge is -2.11. The lowest BCUT2D eigenvalue weighted by molar-refractivity contribution is 0.415. The van der Waals surface area contributed by atoms with Gasteiger partial charge >= 0.3 is 0 Å². The van der Waals surface area contributed by atoms with E-state index in [0.29, 0.717) is 17.5 Å². The molecule has 2 aromatic heterocycles. The average molecular weight is 389 g/mol. The van der Waals surface area contributed by atoms with E-state index in [2.05, 4.69) is 20.3 Å². The summed E-state index contributed by atoms with van der Waals surface area (Å²) in [7, 11) is 5.42. The Morgan fingerprint density at radius 1 is 1.08 bits per heavy atom. The normalized spacial score (nSPS) is 10.7. The SMILES string of the molecule is COc1ccc(-c2nc(CSCc3nc(N)nc(N(C)C)n3)cs2)cc1. The number of nitrogens with two attached hydrogens (primary N) is 1. The molecule has 2 N–H and O–H groups in total. The zero-order valence-corrected chi connectivity index (χ0v) is 16.5. The first kappa shape index (κ1) is 18.4. The van der Waals surface area contributed by atoms with Gasteiger partial charge in [0, 0.05) is 30.8 Å². The summed E-state index contributed by atoms with van der Waals surface area (Å²) < 4.78 is 5.19. The van der Waals surface area contributed by atoms with Gasteiger partial charge in [-0.05, 0) is 24.3 Å². The van der Waals surface area contributed by atoms with E-state index in [-0.39, 0.29) is 5.95 Å². The Balaban J connectivity index is 1.60. The van der Waals surface area contributed by atoms with Crippen molar-refractivity contribution in [2.24, 2.45) is 0 Å². The summed E-state index contributed by atoms with van der Waals surface area (Å²) in [6.07, 6.45) is 0. The first-order valence-corrected chi connectivity index (χ1v) is 9.93. The highest BCUT2D eigenvalue weighted by Crippen LogP contribution is 2.27. The van der Waals surface area contributed by atoms with Crippen molar-refractivity contribution in [1.82, 2.24) is 19.9 Å². The van der Waals surface area contributed by atoms with Crippen molar-refractivity contribution in [2.45, 2.75) is 11.5 Å². The summed E-state index contributed by atoms with van der Waals surface area (Å²) in [4.78, 5) is 19.2. The van der Waals surface area contributed by atoms with E-state index in [1.165, 1.54) is 0 Å². The lowest BCUT2D eigenvalue weighted by atomic mass is 10.2. The van der Waals surface area contributed by atoms with Gasteiger partial charge in [0.15, 0.2) is 0 Å². The zero-order valence-electron chi connectivity index (χ0n) is 14.8. The molecule has 3 aromatic rings. The first-order valence-electron chi connectivity index (χ1n) is 7.89. The second-order valence-electron chi connectivity index (χ2n) is 5.67. The molecule has 9 heteroatoms. The predicted octanol–water partition coefficient (Wildman–Crippen LogP) is 3.09. The van der Waals surface area contributed by atoms with Crippen LogP contribution in [0.4, 0.5) is 11.9 Å². The molecule has 0 saturated carbocycles. The van der Waals surface area contributed by atoms with Crippen LogP contribution in [0.1, 0.15) is 11.5 Å². The molecule has 0 atom stereocenters. The Hall–Kier alpha value is -2.39. The van der Waals surface area contributed by atoms with Gasteiger partial charge in [0.1, 0.15) is 16.6 Å². The van der Waals surface area contributed by atoms with Gasteiger partial charge in [-0.3, -0.25) is 0 Å². The standard InChI is InChI=1S/C17H20N6OS2/c1-23(2)17-21-14(20-16(18)22-17)10-25-8-12-9-26-15(19-12)11-4-6-13(24-3)7-5-11/h4-7,9H,8,10H2,1-3H3,(H2,18,20,21,22). The average Bonchev–Trinajstić information content (AvgIpc) is 3.10. The number of thiazole rings is 1. The van der Waals surface area contributed by atoms with Gasteiger partial charge < -0.3 is 15.4 Å². The second-order valence-corrected chi connectivity index (χ2v) is 7.51. The van der Waals surface area contributed by atoms with Gasteiger partial charge in [0.2, 0.25) is 11.9 Å². The molecule has 2 heterocycles. The maximum Gasteiger partial charge on any atom is 0.229 e. The third-order valence-corrected chi connectivity index (χ3v) is 5.36. The molecular formula is C17H20N6OS2. The van der Waals surface area contributed by atoms with Crippen LogP contribution in [0.25, 0.3) is 10.6 Å². The molecule has 1 aromatic carbocycles. The van der Waals surface area contributed by atoms with E-state index in [0.717, 1.165) is 27.8 Å². The number of ether oxygens (including phenoxy) is 1. The second kappa shape index (κ2) is 8.33. The molecule has 0 aliphatic heterocycles. The third kappa shape index (κ3) is 4.61. The number of nitrogen functional groups attached to an aromatic ring is 1. The number of rotatable bonds is 7. The molecule has 7 nitrogen and oxygen atoms in total. The fourth-order valence-electron chi connectivity index (χ4n) is 2.18. The Bertz CT molecular complexity index is 866. The molecule has 0 bridgehead atoms. The van der Waals surface area contributed by atoms with Crippen LogP contribution in [0.2, 0.25) is 0 Å². The Kier molecular flexibility index (Phi) is 5.89. The topological polar surface area (TPSA) is 90.0 Å². The number of methoxy groups -OCH3 is 1. The highest BCUT2D eigenvalue weighted by molar-refractivity contribution is 7.97. The smallest absolute Gasteiger partial charge is 0.229 e. The fraction of sp³-hybridized carbons (Fsp3) is 0.294. The van der Waals surface area contributed by atoms with Crippen LogP contribution in [-0.2, 0) is 11.5 Å². The van der Waals surface area contributed by atoms with Crippen molar-refractivity contribution in [3.63, 3.8) is 0 Å². The predicted molar refractivity (Wildman–Crippen MR) is 108 cm³/mol. The highest BCUT2D eigenvalue weighted by atomic mass is 32.2. The largest absolute Gasteiger partial charge is 0.497 e. The fourth-order valence-corrected chi connectivity index (χ4v) is 3.88. The summed E-state index contributed by atoms with van der Waals surface area (Å²) in [5, 5.41) is 3.09. The van der Waals surface area contributed by atoms with Crippen LogP contribution in [0.5, 0.6) is 5.75 Å². The molecule has 0 aliphatic carbocycles. The summed E-state index contributed by atoms with van der Waals surface area (Å²) in [5.74, 6) is 3.78. The quantitative estimate of drug-likeness (QED) is 0.660. The lowest BCUT2D eigenvalue weighted by Crippen LogP contribution is -2.15. The third-order valence-electron chi connectivity index (χ3n) is 3.46. The number of anilines is 2. The molecular weight excluding hydrogens is 368 g/mol. The summed E-state index contributed by atoms with van der Waals surface area (Å²) in [5.41, 5.74) is 7.88. The van der Waals surface area contributed by atoms with Crippen LogP contribution in [0.3, 0.4) is 0 Å². The minimum atomic E-state index is 0.245. The van der Waals surface area contributed by atoms with Crippen LogP contribution in [-0.4, -0.2) is 41.1 Å². The summed E-state index contributed by atoms with van der Waals surface area (Å²) in [6.45, 7) is 0. The maximum absolute atomic E-state index is 5.75. The maximum atomic E-state index is 5.75. The molecule has 26 heavy (non-hydrogen) atoms. The van der Waals surface area contributed by atoms with E-state index >= 15 is 0 Å². The molecule has 0 spiro atoms. The zero-order chi connectivity index (χ0) is 18.5. The first-order chi connectivity index (χ1) is 12.5. The van der Waals surface area contributed by atoms with Gasteiger partial charge in [-0.25, -0.2) is 4.98 Å². The number of hydrogen-bond acceptors (Lipinski definition) is 9. The van der Waals surface area contributed by atoms with E-state index in [1.54, 1.807) is 30.2 Å². The highest BCUT2D eigenvalue weighted by Gasteiger charge is 2.08. The van der Waals surface area contributed by atoms with Crippen LogP contribution < -0.4 is 15.4 Å². The number of hydrogen-bond donors (Lipinski definition) is 1. The monoisotopic (exact) mass is 388 g/mol. The van der Waals surface area contributed by atoms with E-state index in [1.807, 2.05) is 43.3 Å². The number of nitrogens with zero attached hydrogens (tertiary/aromatic N) is 5. The van der Waals surface area contributed by atoms with Gasteiger partial charge in [0.25, 0.3) is 0 Å². The Labute approximate surface area is 160 Å². The van der Waals surface area contributed by atoms with E-state index < -0.39 is 0 Å². The van der Waals surface area contributed by atoms with E-state index in [4.69, 9.17) is 15.5 Å². The molecule has 0 aliphatic rings. The molecule has 3 rings (SSSR count). The molecule has 0 unspecified atom stereocenters. The molecule has 0 radical (unpaired) electrons. The van der Waals surface area contributed by atoms with Crippen LogP contribution in [0.15, 0.2) is 29.6 Å². The summed E-state index contributed by atoms with van der Waals surface area (Å²) in [6, 6.07) is 7.92. The van der Waals surface area contributed by atoms with Crippen molar-refractivity contribution >= 4 is 35.0 Å². The van der Waals surface area contributed by atoms with E-state index in [9.17, 15) is 0 Å². The Morgan fingerprint density at radius 2 is 1.85 bits per heavy atom. The minimum absolute atomic E-state index is 0.245. The molecule has 0 amide bonds. The van der Waals surface area contributed by atoms with Crippen molar-refractivity contribution in [1.29, 1.82) is 0 Å². The van der Waals surface area contributed by atoms with Crippen molar-refractivity contribution in [3.8, 4) is 16.3 Å². The van der Waals surface area contributed by atoms with Crippen molar-refractivity contribution in [2.75, 3.05) is 31.8 Å². The van der Waals surface area contributed by atoms with Gasteiger partial charge in [0.05, 0.1) is 18.6 Å².